The van der Waals surface area contributed by atoms with Gasteiger partial charge < -0.3 is 4.74 Å². The van der Waals surface area contributed by atoms with E-state index in [-0.39, 0.29) is 18.4 Å². The lowest BCUT2D eigenvalue weighted by molar-refractivity contribution is -0.140. The van der Waals surface area contributed by atoms with Gasteiger partial charge in [0.1, 0.15) is 17.7 Å². The number of hydrogen-bond acceptors (Lipinski definition) is 5. The highest BCUT2D eigenvalue weighted by Gasteiger charge is 2.51. The summed E-state index contributed by atoms with van der Waals surface area (Å²) in [6.45, 7) is 2.04. The van der Waals surface area contributed by atoms with Crippen LogP contribution in [-0.4, -0.2) is 35.6 Å². The van der Waals surface area contributed by atoms with Crippen LogP contribution in [0.25, 0.3) is 0 Å². The van der Waals surface area contributed by atoms with E-state index in [0.717, 1.165) is 11.3 Å². The van der Waals surface area contributed by atoms with Crippen LogP contribution in [-0.2, 0) is 16.1 Å². The molecular formula is C14H15N3O3. The first-order chi connectivity index (χ1) is 9.61. The van der Waals surface area contributed by atoms with Crippen LogP contribution in [0.2, 0.25) is 0 Å². The summed E-state index contributed by atoms with van der Waals surface area (Å²) in [5.74, 6) is -0.0893. The normalized spacial score (nSPS) is 24.5. The number of nitrogens with one attached hydrogen (secondary N) is 1. The third-order valence-electron chi connectivity index (χ3n) is 3.73. The SMILES string of the molecule is COc1ccc(CN2C(=O)[C@H]3C(C)=NN[C@H]3C2=O)cc1. The van der Waals surface area contributed by atoms with Gasteiger partial charge in [-0.25, -0.2) is 0 Å². The molecule has 2 heterocycles. The van der Waals surface area contributed by atoms with E-state index in [2.05, 4.69) is 10.5 Å². The number of likely N-dealkylation sites (tertiary alicyclic amines) is 1. The summed E-state index contributed by atoms with van der Waals surface area (Å²) in [6, 6.07) is 6.79. The number of hydrazone groups is 1. The molecule has 0 aromatic heterocycles. The smallest absolute Gasteiger partial charge is 0.254 e. The maximum absolute atomic E-state index is 12.3. The molecule has 2 amide bonds. The average Bonchev–Trinajstić information content (AvgIpc) is 2.95. The predicted octanol–water partition coefficient (Wildman–Crippen LogP) is 0.528. The van der Waals surface area contributed by atoms with Crippen molar-refractivity contribution in [1.29, 1.82) is 0 Å². The molecule has 2 aliphatic rings. The zero-order chi connectivity index (χ0) is 14.3. The maximum atomic E-state index is 12.3. The van der Waals surface area contributed by atoms with E-state index in [1.807, 2.05) is 24.3 Å². The van der Waals surface area contributed by atoms with Crippen molar-refractivity contribution in [1.82, 2.24) is 10.3 Å². The number of nitrogens with zero attached hydrogens (tertiary/aromatic N) is 2. The van der Waals surface area contributed by atoms with Crippen LogP contribution in [0.5, 0.6) is 5.75 Å². The van der Waals surface area contributed by atoms with Crippen molar-refractivity contribution in [3.05, 3.63) is 29.8 Å². The van der Waals surface area contributed by atoms with Gasteiger partial charge in [0.25, 0.3) is 5.91 Å². The lowest BCUT2D eigenvalue weighted by Gasteiger charge is -2.15. The fraction of sp³-hybridized carbons (Fsp3) is 0.357. The lowest BCUT2D eigenvalue weighted by atomic mass is 10.0. The van der Waals surface area contributed by atoms with Gasteiger partial charge in [-0.3, -0.25) is 19.9 Å². The van der Waals surface area contributed by atoms with Crippen molar-refractivity contribution in [2.75, 3.05) is 7.11 Å². The molecule has 1 aromatic carbocycles. The molecule has 0 unspecified atom stereocenters. The van der Waals surface area contributed by atoms with Crippen molar-refractivity contribution in [2.24, 2.45) is 11.0 Å². The molecule has 1 saturated heterocycles. The molecule has 0 radical (unpaired) electrons. The van der Waals surface area contributed by atoms with Gasteiger partial charge in [0.05, 0.1) is 13.7 Å². The number of imide groups is 1. The number of fused-ring (bicyclic) bond motifs is 1. The first-order valence-corrected chi connectivity index (χ1v) is 6.39. The van der Waals surface area contributed by atoms with Gasteiger partial charge in [-0.15, -0.1) is 0 Å². The monoisotopic (exact) mass is 273 g/mol. The fourth-order valence-corrected chi connectivity index (χ4v) is 2.59. The maximum Gasteiger partial charge on any atom is 0.254 e. The van der Waals surface area contributed by atoms with Gasteiger partial charge in [0.15, 0.2) is 0 Å². The molecule has 6 heteroatoms. The Labute approximate surface area is 116 Å². The van der Waals surface area contributed by atoms with E-state index in [0.29, 0.717) is 5.71 Å². The number of carbonyl (C=O) groups is 2. The van der Waals surface area contributed by atoms with Gasteiger partial charge in [0.2, 0.25) is 5.91 Å². The Morgan fingerprint density at radius 3 is 2.55 bits per heavy atom. The van der Waals surface area contributed by atoms with Gasteiger partial charge in [0, 0.05) is 5.71 Å². The van der Waals surface area contributed by atoms with Crippen molar-refractivity contribution in [3.8, 4) is 5.75 Å². The second-order valence-corrected chi connectivity index (χ2v) is 4.95. The minimum atomic E-state index is -0.527. The highest BCUT2D eigenvalue weighted by atomic mass is 16.5. The van der Waals surface area contributed by atoms with Crippen LogP contribution in [0.3, 0.4) is 0 Å². The molecule has 2 atom stereocenters. The largest absolute Gasteiger partial charge is 0.497 e. The predicted molar refractivity (Wildman–Crippen MR) is 72.1 cm³/mol. The van der Waals surface area contributed by atoms with Crippen LogP contribution >= 0.6 is 0 Å². The Bertz CT molecular complexity index is 594. The van der Waals surface area contributed by atoms with Gasteiger partial charge in [-0.05, 0) is 24.6 Å². The Kier molecular flexibility index (Phi) is 2.93. The molecule has 3 rings (SSSR count). The molecule has 20 heavy (non-hydrogen) atoms. The quantitative estimate of drug-likeness (QED) is 0.815. The highest BCUT2D eigenvalue weighted by Crippen LogP contribution is 2.27. The average molecular weight is 273 g/mol. The summed E-state index contributed by atoms with van der Waals surface area (Å²) in [7, 11) is 1.59. The van der Waals surface area contributed by atoms with Gasteiger partial charge in [-0.1, -0.05) is 12.1 Å². The first-order valence-electron chi connectivity index (χ1n) is 6.39. The molecule has 2 aliphatic heterocycles. The van der Waals surface area contributed by atoms with E-state index in [1.165, 1.54) is 4.90 Å². The molecule has 104 valence electrons. The van der Waals surface area contributed by atoms with Crippen LogP contribution in [0.4, 0.5) is 0 Å². The Morgan fingerprint density at radius 1 is 1.25 bits per heavy atom. The summed E-state index contributed by atoms with van der Waals surface area (Å²) in [6.07, 6.45) is 0. The van der Waals surface area contributed by atoms with E-state index in [9.17, 15) is 9.59 Å². The van der Waals surface area contributed by atoms with E-state index >= 15 is 0 Å². The van der Waals surface area contributed by atoms with E-state index < -0.39 is 12.0 Å². The molecule has 0 spiro atoms. The Balaban J connectivity index is 1.79. The third kappa shape index (κ3) is 1.84. The zero-order valence-corrected chi connectivity index (χ0v) is 11.3. The first kappa shape index (κ1) is 12.7. The molecule has 0 saturated carbocycles. The lowest BCUT2D eigenvalue weighted by Crippen LogP contribution is -2.35. The highest BCUT2D eigenvalue weighted by molar-refractivity contribution is 6.18. The summed E-state index contributed by atoms with van der Waals surface area (Å²) in [4.78, 5) is 25.8. The van der Waals surface area contributed by atoms with Crippen LogP contribution in [0, 0.1) is 5.92 Å². The van der Waals surface area contributed by atoms with E-state index in [4.69, 9.17) is 4.74 Å². The second kappa shape index (κ2) is 4.63. The van der Waals surface area contributed by atoms with Crippen molar-refractivity contribution >= 4 is 17.5 Å². The topological polar surface area (TPSA) is 71.0 Å². The van der Waals surface area contributed by atoms with Crippen molar-refractivity contribution in [2.45, 2.75) is 19.5 Å². The Hall–Kier alpha value is -2.37. The number of amides is 2. The zero-order valence-electron chi connectivity index (χ0n) is 11.3. The molecule has 1 N–H and O–H groups in total. The van der Waals surface area contributed by atoms with Gasteiger partial charge >= 0.3 is 0 Å². The van der Waals surface area contributed by atoms with Gasteiger partial charge in [-0.2, -0.15) is 5.10 Å². The molecule has 6 nitrogen and oxygen atoms in total. The summed E-state index contributed by atoms with van der Waals surface area (Å²) >= 11 is 0. The number of ether oxygens (including phenoxy) is 1. The minimum absolute atomic E-state index is 0.179. The van der Waals surface area contributed by atoms with Crippen molar-refractivity contribution < 1.29 is 14.3 Å². The molecule has 0 bridgehead atoms. The van der Waals surface area contributed by atoms with Crippen LogP contribution in [0.15, 0.2) is 29.4 Å². The molecule has 1 fully saturated rings. The fourth-order valence-electron chi connectivity index (χ4n) is 2.59. The third-order valence-corrected chi connectivity index (χ3v) is 3.73. The summed E-state index contributed by atoms with van der Waals surface area (Å²) in [5, 5.41) is 3.97. The van der Waals surface area contributed by atoms with E-state index in [1.54, 1.807) is 14.0 Å². The molecular weight excluding hydrogens is 258 g/mol. The van der Waals surface area contributed by atoms with Crippen LogP contribution in [0.1, 0.15) is 12.5 Å². The Morgan fingerprint density at radius 2 is 1.95 bits per heavy atom. The summed E-state index contributed by atoms with van der Waals surface area (Å²) < 4.78 is 5.08. The molecule has 0 aliphatic carbocycles. The minimum Gasteiger partial charge on any atom is -0.497 e. The number of carbonyl (C=O) groups excluding carboxylic acids is 2. The van der Waals surface area contributed by atoms with Crippen LogP contribution < -0.4 is 10.2 Å². The standard InChI is InChI=1S/C14H15N3O3/c1-8-11-12(16-15-8)14(19)17(13(11)18)7-9-3-5-10(20-2)6-4-9/h3-6,11-12,16H,7H2,1-2H3/t11-,12+/m0/s1. The molecule has 1 aromatic rings. The summed E-state index contributed by atoms with van der Waals surface area (Å²) in [5.41, 5.74) is 4.30. The van der Waals surface area contributed by atoms with Crippen molar-refractivity contribution in [3.63, 3.8) is 0 Å². The number of methoxy groups -OCH3 is 1. The number of rotatable bonds is 3. The number of hydrogen-bond donors (Lipinski definition) is 1. The second-order valence-electron chi connectivity index (χ2n) is 4.95. The number of benzene rings is 1.